The van der Waals surface area contributed by atoms with Crippen LogP contribution in [0.3, 0.4) is 0 Å². The van der Waals surface area contributed by atoms with Crippen LogP contribution in [0.2, 0.25) is 0 Å². The number of carbonyl (C=O) groups is 1. The molecule has 0 unspecified atom stereocenters. The molecule has 1 rings (SSSR count). The molecule has 100 valence electrons. The number of aromatic nitrogens is 1. The van der Waals surface area contributed by atoms with Crippen LogP contribution >= 0.6 is 0 Å². The highest BCUT2D eigenvalue weighted by Crippen LogP contribution is 2.28. The number of methoxy groups -OCH3 is 1. The lowest BCUT2D eigenvalue weighted by molar-refractivity contribution is -0.384. The largest absolute Gasteiger partial charge is 0.481 e. The number of rotatable bonds is 6. The Balaban J connectivity index is 3.28. The average molecular weight is 265 g/mol. The van der Waals surface area contributed by atoms with Gasteiger partial charge < -0.3 is 14.7 Å². The molecule has 0 aliphatic heterocycles. The topological polar surface area (TPSA) is 106 Å². The van der Waals surface area contributed by atoms with Crippen LogP contribution in [0.25, 0.3) is 0 Å². The summed E-state index contributed by atoms with van der Waals surface area (Å²) in [5.74, 6) is 1.06. The molecule has 8 heteroatoms. The molecule has 0 amide bonds. The molecular formula is C11H11N3O5. The summed E-state index contributed by atoms with van der Waals surface area (Å²) >= 11 is 0. The van der Waals surface area contributed by atoms with Crippen molar-refractivity contribution in [2.45, 2.75) is 0 Å². The fraction of sp³-hybridized carbons (Fsp3) is 0.273. The number of ether oxygens (including phenoxy) is 1. The Morgan fingerprint density at radius 2 is 2.37 bits per heavy atom. The van der Waals surface area contributed by atoms with Gasteiger partial charge in [-0.05, 0) is 0 Å². The smallest absolute Gasteiger partial charge is 0.323 e. The minimum atomic E-state index is -1.17. The number of nitro groups is 1. The molecule has 0 saturated carbocycles. The van der Waals surface area contributed by atoms with E-state index >= 15 is 0 Å². The number of carboxylic acids is 1. The Morgan fingerprint density at radius 3 is 2.84 bits per heavy atom. The van der Waals surface area contributed by atoms with Crippen LogP contribution in [0.4, 0.5) is 11.5 Å². The Morgan fingerprint density at radius 1 is 1.68 bits per heavy atom. The van der Waals surface area contributed by atoms with E-state index in [2.05, 4.69) is 10.9 Å². The predicted molar refractivity (Wildman–Crippen MR) is 66.1 cm³/mol. The molecule has 0 atom stereocenters. The number of nitrogens with zero attached hydrogens (tertiary/aromatic N) is 3. The summed E-state index contributed by atoms with van der Waals surface area (Å²) in [7, 11) is 1.35. The van der Waals surface area contributed by atoms with Crippen molar-refractivity contribution in [1.29, 1.82) is 0 Å². The molecule has 0 bridgehead atoms. The van der Waals surface area contributed by atoms with E-state index in [0.29, 0.717) is 0 Å². The first-order chi connectivity index (χ1) is 8.99. The Bertz CT molecular complexity index is 538. The molecule has 0 fully saturated rings. The van der Waals surface area contributed by atoms with E-state index in [0.717, 1.165) is 4.90 Å². The molecule has 0 aliphatic carbocycles. The van der Waals surface area contributed by atoms with Crippen LogP contribution in [0.1, 0.15) is 0 Å². The molecule has 0 aromatic carbocycles. The first kappa shape index (κ1) is 14.2. The van der Waals surface area contributed by atoms with Gasteiger partial charge in [-0.1, -0.05) is 5.92 Å². The van der Waals surface area contributed by atoms with Gasteiger partial charge in [-0.3, -0.25) is 14.9 Å². The highest BCUT2D eigenvalue weighted by atomic mass is 16.6. The van der Waals surface area contributed by atoms with Crippen molar-refractivity contribution >= 4 is 17.5 Å². The Hall–Kier alpha value is -2.82. The van der Waals surface area contributed by atoms with Gasteiger partial charge in [0.2, 0.25) is 11.7 Å². The molecule has 0 aliphatic rings. The maximum atomic E-state index is 10.9. The summed E-state index contributed by atoms with van der Waals surface area (Å²) in [5, 5.41) is 19.7. The minimum absolute atomic E-state index is 0.118. The van der Waals surface area contributed by atoms with Gasteiger partial charge in [-0.2, -0.15) is 4.98 Å². The van der Waals surface area contributed by atoms with Crippen LogP contribution < -0.4 is 9.64 Å². The lowest BCUT2D eigenvalue weighted by Crippen LogP contribution is -2.31. The maximum absolute atomic E-state index is 10.9. The van der Waals surface area contributed by atoms with Crippen molar-refractivity contribution in [3.63, 3.8) is 0 Å². The van der Waals surface area contributed by atoms with Gasteiger partial charge in [0.15, 0.2) is 0 Å². The normalized spacial score (nSPS) is 9.47. The summed E-state index contributed by atoms with van der Waals surface area (Å²) in [6, 6.07) is 2.50. The molecule has 0 spiro atoms. The third-order valence-corrected chi connectivity index (χ3v) is 2.14. The highest BCUT2D eigenvalue weighted by molar-refractivity contribution is 5.75. The van der Waals surface area contributed by atoms with Crippen molar-refractivity contribution < 1.29 is 19.6 Å². The Kier molecular flexibility index (Phi) is 4.65. The third-order valence-electron chi connectivity index (χ3n) is 2.14. The van der Waals surface area contributed by atoms with Gasteiger partial charge in [0.1, 0.15) is 6.54 Å². The van der Waals surface area contributed by atoms with Crippen LogP contribution in [-0.4, -0.2) is 41.2 Å². The fourth-order valence-electron chi connectivity index (χ4n) is 1.39. The van der Waals surface area contributed by atoms with Gasteiger partial charge in [0.05, 0.1) is 18.6 Å². The van der Waals surface area contributed by atoms with Crippen molar-refractivity contribution in [3.05, 3.63) is 22.2 Å². The number of hydrogen-bond acceptors (Lipinski definition) is 6. The zero-order valence-corrected chi connectivity index (χ0v) is 10.1. The van der Waals surface area contributed by atoms with Crippen LogP contribution in [-0.2, 0) is 4.79 Å². The summed E-state index contributed by atoms with van der Waals surface area (Å²) in [6.45, 7) is -0.613. The average Bonchev–Trinajstić information content (AvgIpc) is 2.36. The van der Waals surface area contributed by atoms with Crippen molar-refractivity contribution in [3.8, 4) is 18.2 Å². The molecule has 1 heterocycles. The monoisotopic (exact) mass is 265 g/mol. The number of hydrogen-bond donors (Lipinski definition) is 1. The Labute approximate surface area is 108 Å². The summed E-state index contributed by atoms with van der Waals surface area (Å²) < 4.78 is 4.86. The number of terminal acetylenes is 1. The lowest BCUT2D eigenvalue weighted by Gasteiger charge is -2.18. The zero-order chi connectivity index (χ0) is 14.4. The third kappa shape index (κ3) is 3.57. The van der Waals surface area contributed by atoms with Crippen molar-refractivity contribution in [2.75, 3.05) is 25.1 Å². The molecule has 1 aromatic rings. The molecule has 8 nitrogen and oxygen atoms in total. The van der Waals surface area contributed by atoms with Gasteiger partial charge in [0, 0.05) is 12.1 Å². The molecule has 1 N–H and O–H groups in total. The van der Waals surface area contributed by atoms with Crippen molar-refractivity contribution in [2.24, 2.45) is 0 Å². The molecule has 0 radical (unpaired) electrons. The standard InChI is InChI=1S/C11H11N3O5/c1-3-6-13(7-10(15)16)11-8(14(17)18)4-5-9(12-11)19-2/h1,4-5H,6-7H2,2H3,(H,15,16). The summed E-state index contributed by atoms with van der Waals surface area (Å²) in [6.07, 6.45) is 5.13. The first-order valence-electron chi connectivity index (χ1n) is 5.09. The second kappa shape index (κ2) is 6.20. The minimum Gasteiger partial charge on any atom is -0.481 e. The van der Waals surface area contributed by atoms with E-state index in [4.69, 9.17) is 16.3 Å². The zero-order valence-electron chi connectivity index (χ0n) is 10.1. The number of carboxylic acid groups (broad SMARTS) is 1. The van der Waals surface area contributed by atoms with E-state index in [-0.39, 0.29) is 23.9 Å². The highest BCUT2D eigenvalue weighted by Gasteiger charge is 2.23. The number of anilines is 1. The lowest BCUT2D eigenvalue weighted by atomic mass is 10.3. The maximum Gasteiger partial charge on any atom is 0.323 e. The van der Waals surface area contributed by atoms with E-state index in [1.54, 1.807) is 0 Å². The molecule has 0 saturated heterocycles. The van der Waals surface area contributed by atoms with Gasteiger partial charge >= 0.3 is 11.7 Å². The molecule has 19 heavy (non-hydrogen) atoms. The second-order valence-corrected chi connectivity index (χ2v) is 3.41. The van der Waals surface area contributed by atoms with E-state index in [1.165, 1.54) is 19.2 Å². The SMILES string of the molecule is C#CCN(CC(=O)O)c1nc(OC)ccc1[N+](=O)[O-]. The van der Waals surface area contributed by atoms with Crippen molar-refractivity contribution in [1.82, 2.24) is 4.98 Å². The van der Waals surface area contributed by atoms with E-state index < -0.39 is 17.4 Å². The fourth-order valence-corrected chi connectivity index (χ4v) is 1.39. The molecule has 1 aromatic heterocycles. The first-order valence-corrected chi connectivity index (χ1v) is 5.09. The number of aliphatic carboxylic acids is 1. The van der Waals surface area contributed by atoms with E-state index in [9.17, 15) is 14.9 Å². The summed E-state index contributed by atoms with van der Waals surface area (Å²) in [4.78, 5) is 26.0. The van der Waals surface area contributed by atoms with Crippen LogP contribution in [0.15, 0.2) is 12.1 Å². The van der Waals surface area contributed by atoms with E-state index in [1.807, 2.05) is 0 Å². The molecular weight excluding hydrogens is 254 g/mol. The van der Waals surface area contributed by atoms with Gasteiger partial charge in [0.25, 0.3) is 0 Å². The second-order valence-electron chi connectivity index (χ2n) is 3.41. The van der Waals surface area contributed by atoms with Crippen LogP contribution in [0, 0.1) is 22.5 Å². The quantitative estimate of drug-likeness (QED) is 0.454. The van der Waals surface area contributed by atoms with Gasteiger partial charge in [-0.25, -0.2) is 0 Å². The van der Waals surface area contributed by atoms with Crippen LogP contribution in [0.5, 0.6) is 5.88 Å². The number of pyridine rings is 1. The summed E-state index contributed by atoms with van der Waals surface area (Å²) in [5.41, 5.74) is -0.336. The predicted octanol–water partition coefficient (Wildman–Crippen LogP) is 0.523. The van der Waals surface area contributed by atoms with Gasteiger partial charge in [-0.15, -0.1) is 6.42 Å².